The number of halogens is 1. The van der Waals surface area contributed by atoms with Crippen LogP contribution in [0.15, 0.2) is 47.5 Å². The van der Waals surface area contributed by atoms with Crippen molar-refractivity contribution in [3.05, 3.63) is 53.7 Å². The summed E-state index contributed by atoms with van der Waals surface area (Å²) in [5.74, 6) is 2.10. The molecule has 2 atom stereocenters. The van der Waals surface area contributed by atoms with Gasteiger partial charge in [0, 0.05) is 29.9 Å². The van der Waals surface area contributed by atoms with Gasteiger partial charge in [-0.25, -0.2) is 4.99 Å². The van der Waals surface area contributed by atoms with E-state index in [0.717, 1.165) is 41.6 Å². The highest BCUT2D eigenvalue weighted by atomic mass is 35.5. The van der Waals surface area contributed by atoms with Crippen molar-refractivity contribution in [3.8, 4) is 0 Å². The summed E-state index contributed by atoms with van der Waals surface area (Å²) in [5, 5.41) is 12.7. The average molecular weight is 399 g/mol. The number of rotatable bonds is 2. The minimum atomic E-state index is 0.142. The molecule has 0 radical (unpaired) electrons. The first kappa shape index (κ1) is 16.2. The molecule has 2 unspecified atom stereocenters. The molecular weight excluding hydrogens is 380 g/mol. The van der Waals surface area contributed by atoms with E-state index in [-0.39, 0.29) is 12.0 Å². The van der Waals surface area contributed by atoms with Gasteiger partial charge in [0.1, 0.15) is 6.67 Å². The fourth-order valence-electron chi connectivity index (χ4n) is 4.43. The molecule has 28 heavy (non-hydrogen) atoms. The lowest BCUT2D eigenvalue weighted by Gasteiger charge is -2.40. The predicted molar refractivity (Wildman–Crippen MR) is 104 cm³/mol. The lowest BCUT2D eigenvalue weighted by Crippen LogP contribution is -2.54. The monoisotopic (exact) mass is 398 g/mol. The third kappa shape index (κ3) is 2.14. The van der Waals surface area contributed by atoms with E-state index in [1.54, 1.807) is 4.42 Å². The second kappa shape index (κ2) is 5.86. The van der Waals surface area contributed by atoms with E-state index in [9.17, 15) is 0 Å². The normalized spacial score (nSPS) is 25.6. The molecule has 0 spiro atoms. The molecule has 4 aliphatic rings. The number of aromatic nitrogens is 3. The Kier molecular flexibility index (Phi) is 3.39. The van der Waals surface area contributed by atoms with Gasteiger partial charge < -0.3 is 9.64 Å². The molecule has 1 saturated heterocycles. The summed E-state index contributed by atoms with van der Waals surface area (Å²) in [6.45, 7) is 3.89. The summed E-state index contributed by atoms with van der Waals surface area (Å²) in [6, 6.07) is 8.25. The highest BCUT2D eigenvalue weighted by Gasteiger charge is 2.43. The van der Waals surface area contributed by atoms with E-state index in [1.165, 1.54) is 0 Å². The summed E-state index contributed by atoms with van der Waals surface area (Å²) in [4.78, 5) is 8.86. The number of nitrogens with zero attached hydrogens (tertiary/aromatic N) is 8. The van der Waals surface area contributed by atoms with Crippen LogP contribution in [0, 0.1) is 0 Å². The Labute approximate surface area is 167 Å². The van der Waals surface area contributed by atoms with E-state index in [0.29, 0.717) is 13.3 Å². The Hall–Kier alpha value is -2.78. The van der Waals surface area contributed by atoms with Crippen molar-refractivity contribution in [2.45, 2.75) is 25.4 Å². The van der Waals surface area contributed by atoms with Gasteiger partial charge in [-0.05, 0) is 30.7 Å². The van der Waals surface area contributed by atoms with E-state index in [4.69, 9.17) is 21.5 Å². The lowest BCUT2D eigenvalue weighted by atomic mass is 10.00. The molecule has 0 bridgehead atoms. The van der Waals surface area contributed by atoms with Gasteiger partial charge in [-0.3, -0.25) is 4.42 Å². The van der Waals surface area contributed by atoms with Crippen LogP contribution in [0.25, 0.3) is 0 Å². The van der Waals surface area contributed by atoms with Crippen LogP contribution in [-0.4, -0.2) is 56.4 Å². The van der Waals surface area contributed by atoms with E-state index in [1.807, 2.05) is 34.4 Å². The molecule has 4 aliphatic heterocycles. The molecule has 6 rings (SSSR count). The highest BCUT2D eigenvalue weighted by molar-refractivity contribution is 6.15. The summed E-state index contributed by atoms with van der Waals surface area (Å²) in [6.07, 6.45) is 4.86. The van der Waals surface area contributed by atoms with Crippen LogP contribution in [0.1, 0.15) is 30.5 Å². The summed E-state index contributed by atoms with van der Waals surface area (Å²) in [5.41, 5.74) is 3.21. The quantitative estimate of drug-likeness (QED) is 0.714. The topological polar surface area (TPSA) is 65.3 Å². The van der Waals surface area contributed by atoms with Crippen LogP contribution in [0.5, 0.6) is 0 Å². The first-order valence-corrected chi connectivity index (χ1v) is 9.72. The fourth-order valence-corrected chi connectivity index (χ4v) is 4.63. The van der Waals surface area contributed by atoms with E-state index in [2.05, 4.69) is 39.3 Å². The smallest absolute Gasteiger partial charge is 0.162 e. The van der Waals surface area contributed by atoms with Crippen molar-refractivity contribution in [2.75, 3.05) is 30.0 Å². The van der Waals surface area contributed by atoms with E-state index < -0.39 is 0 Å². The van der Waals surface area contributed by atoms with Gasteiger partial charge in [0.15, 0.2) is 18.3 Å². The van der Waals surface area contributed by atoms with E-state index >= 15 is 0 Å². The second-order valence-electron chi connectivity index (χ2n) is 7.30. The molecule has 0 saturated carbocycles. The maximum Gasteiger partial charge on any atom is 0.162 e. The number of para-hydroxylation sites is 1. The molecule has 1 aromatic carbocycles. The van der Waals surface area contributed by atoms with Crippen molar-refractivity contribution in [1.82, 2.24) is 24.5 Å². The van der Waals surface area contributed by atoms with Gasteiger partial charge in [-0.1, -0.05) is 12.1 Å². The van der Waals surface area contributed by atoms with Crippen molar-refractivity contribution >= 4 is 23.3 Å². The first-order chi connectivity index (χ1) is 13.7. The van der Waals surface area contributed by atoms with Gasteiger partial charge in [0.25, 0.3) is 0 Å². The SMILES string of the molecule is CC1OCCC1c1cnnn1N1CN=C2c3ccccc3N3CN(Cl)C=C3N21. The maximum absolute atomic E-state index is 6.35. The number of hydrazine groups is 1. The van der Waals surface area contributed by atoms with Crippen LogP contribution in [0.3, 0.4) is 0 Å². The molecule has 0 aliphatic carbocycles. The molecule has 10 heteroatoms. The largest absolute Gasteiger partial charge is 0.378 e. The van der Waals surface area contributed by atoms with Crippen LogP contribution >= 0.6 is 11.8 Å². The summed E-state index contributed by atoms with van der Waals surface area (Å²) in [7, 11) is 0. The molecule has 0 N–H and O–H groups in total. The van der Waals surface area contributed by atoms with Crippen molar-refractivity contribution in [3.63, 3.8) is 0 Å². The minimum Gasteiger partial charge on any atom is -0.378 e. The minimum absolute atomic E-state index is 0.142. The van der Waals surface area contributed by atoms with Gasteiger partial charge in [0.05, 0.1) is 29.9 Å². The Morgan fingerprint density at radius 2 is 2.14 bits per heavy atom. The standard InChI is InChI=1S/C18H19ClN8O/c1-12-13(6-7-28-12)16-8-21-22-27(16)25-10-20-18-14-4-2-3-5-15(14)24-11-23(19)9-17(24)26(18)25/h2-5,8-9,12-13H,6-7,10-11H2,1H3. The van der Waals surface area contributed by atoms with Crippen molar-refractivity contribution in [1.29, 1.82) is 0 Å². The van der Waals surface area contributed by atoms with Crippen LogP contribution in [0.2, 0.25) is 0 Å². The number of anilines is 1. The first-order valence-electron chi connectivity index (χ1n) is 9.38. The molecule has 5 heterocycles. The van der Waals surface area contributed by atoms with Crippen LogP contribution in [-0.2, 0) is 4.74 Å². The Balaban J connectivity index is 1.45. The number of fused-ring (bicyclic) bond motifs is 6. The molecular formula is C18H19ClN8O. The molecule has 9 nitrogen and oxygen atoms in total. The molecule has 0 amide bonds. The third-order valence-electron chi connectivity index (χ3n) is 5.77. The zero-order valence-corrected chi connectivity index (χ0v) is 16.1. The van der Waals surface area contributed by atoms with Crippen LogP contribution in [0.4, 0.5) is 5.69 Å². The molecule has 1 aromatic heterocycles. The number of aliphatic imine (C=N–C) groups is 1. The van der Waals surface area contributed by atoms with Gasteiger partial charge in [0.2, 0.25) is 0 Å². The number of amidine groups is 1. The predicted octanol–water partition coefficient (Wildman–Crippen LogP) is 1.79. The highest BCUT2D eigenvalue weighted by Crippen LogP contribution is 2.40. The Morgan fingerprint density at radius 1 is 1.25 bits per heavy atom. The van der Waals surface area contributed by atoms with Gasteiger partial charge in [-0.2, -0.15) is 10.1 Å². The fraction of sp³-hybridized carbons (Fsp3) is 0.389. The molecule has 144 valence electrons. The lowest BCUT2D eigenvalue weighted by molar-refractivity contribution is 0.116. The zero-order valence-electron chi connectivity index (χ0n) is 15.3. The van der Waals surface area contributed by atoms with Crippen molar-refractivity contribution in [2.24, 2.45) is 4.99 Å². The number of hydrogen-bond acceptors (Lipinski definition) is 8. The number of benzene rings is 1. The molecule has 2 aromatic rings. The molecule has 1 fully saturated rings. The zero-order chi connectivity index (χ0) is 18.8. The van der Waals surface area contributed by atoms with Crippen molar-refractivity contribution < 1.29 is 4.74 Å². The maximum atomic E-state index is 6.35. The summed E-state index contributed by atoms with van der Waals surface area (Å²) < 4.78 is 7.42. The Morgan fingerprint density at radius 3 is 3.00 bits per heavy atom. The Bertz CT molecular complexity index is 1000. The van der Waals surface area contributed by atoms with Gasteiger partial charge in [-0.15, -0.1) is 9.89 Å². The average Bonchev–Trinajstić information content (AvgIpc) is 3.46. The van der Waals surface area contributed by atoms with Crippen LogP contribution < -0.4 is 10.0 Å². The second-order valence-corrected chi connectivity index (χ2v) is 7.73. The number of ether oxygens (including phenoxy) is 1. The summed E-state index contributed by atoms with van der Waals surface area (Å²) >= 11 is 6.35. The third-order valence-corrected chi connectivity index (χ3v) is 5.98. The number of hydrogen-bond donors (Lipinski definition) is 0. The van der Waals surface area contributed by atoms with Gasteiger partial charge >= 0.3 is 0 Å².